The Balaban J connectivity index is 1.90. The van der Waals surface area contributed by atoms with Crippen LogP contribution in [0, 0.1) is 0 Å². The van der Waals surface area contributed by atoms with Crippen LogP contribution in [0.2, 0.25) is 0 Å². The second-order valence-corrected chi connectivity index (χ2v) is 6.69. The van der Waals surface area contributed by atoms with Gasteiger partial charge in [-0.05, 0) is 51.1 Å². The van der Waals surface area contributed by atoms with Crippen LogP contribution in [-0.2, 0) is 0 Å². The zero-order valence-corrected chi connectivity index (χ0v) is 13.3. The van der Waals surface area contributed by atoms with Crippen LogP contribution in [0.3, 0.4) is 0 Å². The zero-order valence-electron chi connectivity index (χ0n) is 10.9. The van der Waals surface area contributed by atoms with E-state index in [1.54, 1.807) is 11.3 Å². The summed E-state index contributed by atoms with van der Waals surface area (Å²) in [4.78, 5) is 0.919. The summed E-state index contributed by atoms with van der Waals surface area (Å²) in [6, 6.07) is 15.8. The predicted molar refractivity (Wildman–Crippen MR) is 89.8 cm³/mol. The molecule has 21 heavy (non-hydrogen) atoms. The molecule has 0 spiro atoms. The van der Waals surface area contributed by atoms with Crippen LogP contribution in [-0.4, -0.2) is 5.11 Å². The number of hydrogen-bond acceptors (Lipinski definition) is 3. The minimum atomic E-state index is -0.627. The highest BCUT2D eigenvalue weighted by Gasteiger charge is 2.17. The molecule has 0 aliphatic rings. The first-order chi connectivity index (χ1) is 10.2. The van der Waals surface area contributed by atoms with Crippen molar-refractivity contribution in [2.45, 2.75) is 6.10 Å². The lowest BCUT2D eigenvalue weighted by Gasteiger charge is -2.10. The summed E-state index contributed by atoms with van der Waals surface area (Å²) in [6.45, 7) is 0. The maximum Gasteiger partial charge on any atom is 0.135 e. The predicted octanol–water partition coefficient (Wildman–Crippen LogP) is 5.49. The molecular formula is C17H11BrO2S. The Bertz CT molecular complexity index is 938. The molecule has 0 saturated carbocycles. The topological polar surface area (TPSA) is 33.4 Å². The Morgan fingerprint density at radius 2 is 1.81 bits per heavy atom. The molecule has 4 rings (SSSR count). The van der Waals surface area contributed by atoms with Gasteiger partial charge in [0.15, 0.2) is 0 Å². The molecule has 0 saturated heterocycles. The Kier molecular flexibility index (Phi) is 3.10. The molecule has 0 aliphatic heterocycles. The van der Waals surface area contributed by atoms with Crippen molar-refractivity contribution in [2.24, 2.45) is 0 Å². The van der Waals surface area contributed by atoms with Gasteiger partial charge in [0.1, 0.15) is 17.3 Å². The molecule has 104 valence electrons. The van der Waals surface area contributed by atoms with Gasteiger partial charge in [0, 0.05) is 15.2 Å². The zero-order chi connectivity index (χ0) is 14.4. The van der Waals surface area contributed by atoms with Gasteiger partial charge in [-0.3, -0.25) is 0 Å². The highest BCUT2D eigenvalue weighted by Crippen LogP contribution is 2.36. The van der Waals surface area contributed by atoms with Crippen molar-refractivity contribution in [2.75, 3.05) is 0 Å². The first kappa shape index (κ1) is 13.1. The monoisotopic (exact) mass is 358 g/mol. The van der Waals surface area contributed by atoms with E-state index in [-0.39, 0.29) is 0 Å². The number of para-hydroxylation sites is 1. The number of aliphatic hydroxyl groups is 1. The Labute approximate surface area is 133 Å². The van der Waals surface area contributed by atoms with Crippen LogP contribution in [0.15, 0.2) is 62.8 Å². The van der Waals surface area contributed by atoms with Crippen LogP contribution in [0.1, 0.15) is 16.5 Å². The van der Waals surface area contributed by atoms with Crippen LogP contribution in [0.25, 0.3) is 21.9 Å². The van der Waals surface area contributed by atoms with Gasteiger partial charge in [0.25, 0.3) is 0 Å². The highest BCUT2D eigenvalue weighted by atomic mass is 79.9. The first-order valence-corrected chi connectivity index (χ1v) is 8.23. The smallest absolute Gasteiger partial charge is 0.135 e. The van der Waals surface area contributed by atoms with E-state index in [0.717, 1.165) is 36.9 Å². The molecule has 0 amide bonds. The lowest BCUT2D eigenvalue weighted by molar-refractivity contribution is 0.223. The van der Waals surface area contributed by atoms with Crippen molar-refractivity contribution in [1.29, 1.82) is 0 Å². The minimum Gasteiger partial charge on any atom is -0.456 e. The summed E-state index contributed by atoms with van der Waals surface area (Å²) in [7, 11) is 0. The molecule has 0 radical (unpaired) electrons. The van der Waals surface area contributed by atoms with Gasteiger partial charge >= 0.3 is 0 Å². The van der Waals surface area contributed by atoms with Crippen molar-refractivity contribution in [3.8, 4) is 0 Å². The number of hydrogen-bond donors (Lipinski definition) is 1. The van der Waals surface area contributed by atoms with Crippen LogP contribution in [0.4, 0.5) is 0 Å². The number of benzene rings is 2. The van der Waals surface area contributed by atoms with Crippen molar-refractivity contribution in [1.82, 2.24) is 0 Å². The van der Waals surface area contributed by atoms with Crippen molar-refractivity contribution >= 4 is 49.2 Å². The normalized spacial score (nSPS) is 13.0. The molecule has 2 aromatic heterocycles. The quantitative estimate of drug-likeness (QED) is 0.513. The lowest BCUT2D eigenvalue weighted by Crippen LogP contribution is -1.97. The third-order valence-corrected chi connectivity index (χ3v) is 5.53. The largest absolute Gasteiger partial charge is 0.456 e. The average molecular weight is 359 g/mol. The number of furan rings is 1. The van der Waals surface area contributed by atoms with Crippen LogP contribution < -0.4 is 0 Å². The third-order valence-electron chi connectivity index (χ3n) is 3.61. The molecule has 2 nitrogen and oxygen atoms in total. The van der Waals surface area contributed by atoms with Gasteiger partial charge in [-0.15, -0.1) is 11.3 Å². The minimum absolute atomic E-state index is 0.627. The summed E-state index contributed by atoms with van der Waals surface area (Å²) < 4.78 is 6.76. The molecule has 4 aromatic rings. The van der Waals surface area contributed by atoms with Gasteiger partial charge in [-0.2, -0.15) is 0 Å². The van der Waals surface area contributed by atoms with Crippen LogP contribution in [0.5, 0.6) is 0 Å². The maximum atomic E-state index is 10.6. The fraction of sp³-hybridized carbons (Fsp3) is 0.0588. The summed E-state index contributed by atoms with van der Waals surface area (Å²) in [5.74, 6) is 0. The third kappa shape index (κ3) is 2.11. The second-order valence-electron chi connectivity index (χ2n) is 4.89. The van der Waals surface area contributed by atoms with E-state index in [9.17, 15) is 5.11 Å². The SMILES string of the molecule is OC(c1ccc2oc3ccccc3c2c1)c1sccc1Br. The van der Waals surface area contributed by atoms with E-state index in [2.05, 4.69) is 15.9 Å². The highest BCUT2D eigenvalue weighted by molar-refractivity contribution is 9.10. The van der Waals surface area contributed by atoms with Crippen molar-refractivity contribution < 1.29 is 9.52 Å². The number of aliphatic hydroxyl groups excluding tert-OH is 1. The number of rotatable bonds is 2. The number of fused-ring (bicyclic) bond motifs is 3. The average Bonchev–Trinajstić information content (AvgIpc) is 3.09. The molecule has 2 aromatic carbocycles. The Hall–Kier alpha value is -1.62. The molecule has 0 fully saturated rings. The molecule has 1 unspecified atom stereocenters. The van der Waals surface area contributed by atoms with E-state index in [1.165, 1.54) is 0 Å². The summed E-state index contributed by atoms with van der Waals surface area (Å²) in [6.07, 6.45) is -0.627. The van der Waals surface area contributed by atoms with E-state index in [1.807, 2.05) is 53.9 Å². The first-order valence-electron chi connectivity index (χ1n) is 6.56. The van der Waals surface area contributed by atoms with Crippen molar-refractivity contribution in [3.05, 3.63) is 68.8 Å². The maximum absolute atomic E-state index is 10.6. The lowest BCUT2D eigenvalue weighted by atomic mass is 10.0. The Morgan fingerprint density at radius 1 is 1.00 bits per heavy atom. The van der Waals surface area contributed by atoms with Gasteiger partial charge < -0.3 is 9.52 Å². The fourth-order valence-electron chi connectivity index (χ4n) is 2.57. The van der Waals surface area contributed by atoms with E-state index in [0.29, 0.717) is 0 Å². The summed E-state index contributed by atoms with van der Waals surface area (Å²) in [5, 5.41) is 14.7. The molecule has 0 aliphatic carbocycles. The van der Waals surface area contributed by atoms with Gasteiger partial charge in [-0.1, -0.05) is 24.3 Å². The number of halogens is 1. The molecular weight excluding hydrogens is 348 g/mol. The molecule has 2 heterocycles. The van der Waals surface area contributed by atoms with Crippen molar-refractivity contribution in [3.63, 3.8) is 0 Å². The van der Waals surface area contributed by atoms with E-state index in [4.69, 9.17) is 4.42 Å². The summed E-state index contributed by atoms with van der Waals surface area (Å²) in [5.41, 5.74) is 2.59. The molecule has 0 bridgehead atoms. The molecule has 1 atom stereocenters. The number of thiophene rings is 1. The van der Waals surface area contributed by atoms with Gasteiger partial charge in [-0.25, -0.2) is 0 Å². The molecule has 1 N–H and O–H groups in total. The summed E-state index contributed by atoms with van der Waals surface area (Å²) >= 11 is 5.02. The van der Waals surface area contributed by atoms with E-state index >= 15 is 0 Å². The van der Waals surface area contributed by atoms with Crippen LogP contribution >= 0.6 is 27.3 Å². The van der Waals surface area contributed by atoms with Gasteiger partial charge in [0.05, 0.1) is 4.88 Å². The fourth-order valence-corrected chi connectivity index (χ4v) is 4.17. The van der Waals surface area contributed by atoms with E-state index < -0.39 is 6.10 Å². The second kappa shape index (κ2) is 4.98. The molecule has 4 heteroatoms. The Morgan fingerprint density at radius 3 is 2.62 bits per heavy atom. The van der Waals surface area contributed by atoms with Gasteiger partial charge in [0.2, 0.25) is 0 Å². The standard InChI is InChI=1S/C17H11BrO2S/c18-13-7-8-21-17(13)16(19)10-5-6-15-12(9-10)11-3-1-2-4-14(11)20-15/h1-9,16,19H.